The summed E-state index contributed by atoms with van der Waals surface area (Å²) < 4.78 is 6.94. The van der Waals surface area contributed by atoms with Gasteiger partial charge in [0.15, 0.2) is 5.13 Å². The quantitative estimate of drug-likeness (QED) is 0.360. The zero-order valence-corrected chi connectivity index (χ0v) is 20.2. The SMILES string of the molecule is CCCCCCC(=O)N(CCCCCOc1cccc2nc(NC(C)=O)sc12)C(C)C. The molecule has 2 aromatic rings. The lowest BCUT2D eigenvalue weighted by Crippen LogP contribution is -2.37. The topological polar surface area (TPSA) is 71.5 Å². The lowest BCUT2D eigenvalue weighted by atomic mass is 10.1. The number of ether oxygens (including phenoxy) is 1. The molecule has 1 aromatic heterocycles. The van der Waals surface area contributed by atoms with Crippen LogP contribution < -0.4 is 10.1 Å². The van der Waals surface area contributed by atoms with Gasteiger partial charge < -0.3 is 15.0 Å². The Hall–Kier alpha value is -2.15. The molecule has 2 amide bonds. The molecule has 0 fully saturated rings. The third kappa shape index (κ3) is 8.48. The minimum absolute atomic E-state index is 0.128. The number of unbranched alkanes of at least 4 members (excludes halogenated alkanes) is 5. The molecule has 0 bridgehead atoms. The number of hydrogen-bond donors (Lipinski definition) is 1. The second-order valence-corrected chi connectivity index (χ2v) is 9.20. The molecular weight excluding hydrogens is 410 g/mol. The maximum Gasteiger partial charge on any atom is 0.223 e. The average Bonchev–Trinajstić information content (AvgIpc) is 3.12. The Morgan fingerprint density at radius 3 is 2.61 bits per heavy atom. The Bertz CT molecular complexity index is 835. The number of rotatable bonds is 14. The molecular formula is C24H37N3O3S. The van der Waals surface area contributed by atoms with Crippen LogP contribution in [0.25, 0.3) is 10.2 Å². The van der Waals surface area contributed by atoms with E-state index in [1.54, 1.807) is 0 Å². The van der Waals surface area contributed by atoms with Crippen molar-refractivity contribution in [3.8, 4) is 5.75 Å². The van der Waals surface area contributed by atoms with Gasteiger partial charge in [-0.1, -0.05) is 43.6 Å². The molecule has 0 aliphatic rings. The van der Waals surface area contributed by atoms with Crippen LogP contribution in [0.3, 0.4) is 0 Å². The van der Waals surface area contributed by atoms with Gasteiger partial charge in [0, 0.05) is 25.9 Å². The first-order chi connectivity index (χ1) is 14.9. The van der Waals surface area contributed by atoms with E-state index in [9.17, 15) is 9.59 Å². The molecule has 6 nitrogen and oxygen atoms in total. The summed E-state index contributed by atoms with van der Waals surface area (Å²) >= 11 is 1.43. The van der Waals surface area contributed by atoms with Crippen molar-refractivity contribution in [1.29, 1.82) is 0 Å². The van der Waals surface area contributed by atoms with Crippen LogP contribution in [0.2, 0.25) is 0 Å². The molecule has 0 aliphatic carbocycles. The molecule has 0 radical (unpaired) electrons. The highest BCUT2D eigenvalue weighted by molar-refractivity contribution is 7.22. The van der Waals surface area contributed by atoms with E-state index < -0.39 is 0 Å². The molecule has 0 saturated heterocycles. The Morgan fingerprint density at radius 2 is 1.90 bits per heavy atom. The van der Waals surface area contributed by atoms with Crippen molar-refractivity contribution < 1.29 is 14.3 Å². The largest absolute Gasteiger partial charge is 0.492 e. The molecule has 0 unspecified atom stereocenters. The van der Waals surface area contributed by atoms with Gasteiger partial charge in [-0.3, -0.25) is 9.59 Å². The third-order valence-electron chi connectivity index (χ3n) is 5.15. The highest BCUT2D eigenvalue weighted by atomic mass is 32.1. The number of benzene rings is 1. The number of amides is 2. The summed E-state index contributed by atoms with van der Waals surface area (Å²) in [4.78, 5) is 30.2. The molecule has 1 heterocycles. The first-order valence-corrected chi connectivity index (χ1v) is 12.3. The predicted octanol–water partition coefficient (Wildman–Crippen LogP) is 6.01. The van der Waals surface area contributed by atoms with Crippen LogP contribution in [0.15, 0.2) is 18.2 Å². The monoisotopic (exact) mass is 447 g/mol. The second kappa shape index (κ2) is 13.3. The van der Waals surface area contributed by atoms with Gasteiger partial charge in [0.05, 0.1) is 16.8 Å². The van der Waals surface area contributed by atoms with E-state index in [4.69, 9.17) is 4.74 Å². The van der Waals surface area contributed by atoms with Crippen LogP contribution in [0.1, 0.15) is 79.1 Å². The van der Waals surface area contributed by atoms with Crippen LogP contribution >= 0.6 is 11.3 Å². The Kier molecular flexibility index (Phi) is 10.8. The van der Waals surface area contributed by atoms with Gasteiger partial charge in [-0.2, -0.15) is 0 Å². The number of fused-ring (bicyclic) bond motifs is 1. The number of aromatic nitrogens is 1. The van der Waals surface area contributed by atoms with Crippen molar-refractivity contribution in [3.05, 3.63) is 18.2 Å². The number of hydrogen-bond acceptors (Lipinski definition) is 5. The zero-order valence-electron chi connectivity index (χ0n) is 19.4. The van der Waals surface area contributed by atoms with E-state index in [-0.39, 0.29) is 17.9 Å². The predicted molar refractivity (Wildman–Crippen MR) is 129 cm³/mol. The van der Waals surface area contributed by atoms with Gasteiger partial charge in [-0.25, -0.2) is 4.98 Å². The van der Waals surface area contributed by atoms with Crippen LogP contribution in [-0.4, -0.2) is 40.9 Å². The normalized spacial score (nSPS) is 11.1. The zero-order chi connectivity index (χ0) is 22.6. The smallest absolute Gasteiger partial charge is 0.223 e. The van der Waals surface area contributed by atoms with E-state index >= 15 is 0 Å². The minimum atomic E-state index is -0.128. The molecule has 1 N–H and O–H groups in total. The molecule has 0 atom stereocenters. The maximum absolute atomic E-state index is 12.5. The van der Waals surface area contributed by atoms with Crippen molar-refractivity contribution in [2.24, 2.45) is 0 Å². The summed E-state index contributed by atoms with van der Waals surface area (Å²) in [6.45, 7) is 9.29. The lowest BCUT2D eigenvalue weighted by molar-refractivity contribution is -0.133. The number of anilines is 1. The Balaban J connectivity index is 1.74. The van der Waals surface area contributed by atoms with Crippen LogP contribution in [0.4, 0.5) is 5.13 Å². The number of nitrogens with zero attached hydrogens (tertiary/aromatic N) is 2. The Labute approximate surface area is 190 Å². The van der Waals surface area contributed by atoms with Crippen LogP contribution in [0.5, 0.6) is 5.75 Å². The summed E-state index contributed by atoms with van der Waals surface area (Å²) in [6, 6.07) is 6.03. The van der Waals surface area contributed by atoms with E-state index in [1.165, 1.54) is 31.1 Å². The van der Waals surface area contributed by atoms with E-state index in [0.29, 0.717) is 18.2 Å². The van der Waals surface area contributed by atoms with Crippen molar-refractivity contribution in [2.75, 3.05) is 18.5 Å². The van der Waals surface area contributed by atoms with Crippen molar-refractivity contribution >= 4 is 38.5 Å². The molecule has 0 aliphatic heterocycles. The summed E-state index contributed by atoms with van der Waals surface area (Å²) in [5, 5.41) is 3.32. The molecule has 1 aromatic carbocycles. The van der Waals surface area contributed by atoms with Gasteiger partial charge in [0.2, 0.25) is 11.8 Å². The summed E-state index contributed by atoms with van der Waals surface area (Å²) in [5.74, 6) is 0.961. The standard InChI is InChI=1S/C24H37N3O3S/c1-5-6-7-9-15-22(29)27(18(2)3)16-10-8-11-17-30-21-14-12-13-20-23(21)31-24(26-20)25-19(4)28/h12-14,18H,5-11,15-17H2,1-4H3,(H,25,26,28). The number of nitrogens with one attached hydrogen (secondary N) is 1. The number of thiazole rings is 1. The fraction of sp³-hybridized carbons (Fsp3) is 0.625. The van der Waals surface area contributed by atoms with Crippen LogP contribution in [-0.2, 0) is 9.59 Å². The third-order valence-corrected chi connectivity index (χ3v) is 6.15. The van der Waals surface area contributed by atoms with Crippen LogP contribution in [0, 0.1) is 0 Å². The summed E-state index contributed by atoms with van der Waals surface area (Å²) in [6.07, 6.45) is 8.14. The summed E-state index contributed by atoms with van der Waals surface area (Å²) in [7, 11) is 0. The number of carbonyl (C=O) groups excluding carboxylic acids is 2. The highest BCUT2D eigenvalue weighted by Gasteiger charge is 2.16. The van der Waals surface area contributed by atoms with Gasteiger partial charge >= 0.3 is 0 Å². The summed E-state index contributed by atoms with van der Waals surface area (Å²) in [5.41, 5.74) is 0.830. The minimum Gasteiger partial charge on any atom is -0.492 e. The first-order valence-electron chi connectivity index (χ1n) is 11.5. The lowest BCUT2D eigenvalue weighted by Gasteiger charge is -2.27. The van der Waals surface area contributed by atoms with Crippen molar-refractivity contribution in [3.63, 3.8) is 0 Å². The van der Waals surface area contributed by atoms with Gasteiger partial charge in [0.1, 0.15) is 5.75 Å². The molecule has 0 spiro atoms. The highest BCUT2D eigenvalue weighted by Crippen LogP contribution is 2.33. The van der Waals surface area contributed by atoms with E-state index in [2.05, 4.69) is 31.1 Å². The Morgan fingerprint density at radius 1 is 1.13 bits per heavy atom. The fourth-order valence-electron chi connectivity index (χ4n) is 3.50. The maximum atomic E-state index is 12.5. The molecule has 0 saturated carbocycles. The molecule has 7 heteroatoms. The second-order valence-electron chi connectivity index (χ2n) is 8.21. The van der Waals surface area contributed by atoms with Gasteiger partial charge in [0.25, 0.3) is 0 Å². The first kappa shape index (κ1) is 25.1. The average molecular weight is 448 g/mol. The molecule has 31 heavy (non-hydrogen) atoms. The van der Waals surface area contributed by atoms with Gasteiger partial charge in [-0.05, 0) is 51.7 Å². The molecule has 172 valence electrons. The fourth-order valence-corrected chi connectivity index (χ4v) is 4.48. The van der Waals surface area contributed by atoms with E-state index in [0.717, 1.165) is 54.6 Å². The number of carbonyl (C=O) groups is 2. The van der Waals surface area contributed by atoms with Crippen molar-refractivity contribution in [2.45, 2.75) is 85.1 Å². The molecule has 2 rings (SSSR count). The van der Waals surface area contributed by atoms with Crippen molar-refractivity contribution in [1.82, 2.24) is 9.88 Å². The van der Waals surface area contributed by atoms with E-state index in [1.807, 2.05) is 23.1 Å². The van der Waals surface area contributed by atoms with Gasteiger partial charge in [-0.15, -0.1) is 0 Å².